The van der Waals surface area contributed by atoms with Crippen LogP contribution in [0.5, 0.6) is 17.2 Å². The third-order valence-corrected chi connectivity index (χ3v) is 4.46. The van der Waals surface area contributed by atoms with E-state index >= 15 is 0 Å². The van der Waals surface area contributed by atoms with Gasteiger partial charge < -0.3 is 24.3 Å². The van der Waals surface area contributed by atoms with Gasteiger partial charge in [-0.3, -0.25) is 14.5 Å². The minimum atomic E-state index is -0.809. The number of ether oxygens (including phenoxy) is 3. The molecule has 2 aromatic rings. The van der Waals surface area contributed by atoms with Crippen LogP contribution in [0.2, 0.25) is 0 Å². The Labute approximate surface area is 166 Å². The van der Waals surface area contributed by atoms with Crippen LogP contribution in [0.4, 0.5) is 11.6 Å². The summed E-state index contributed by atoms with van der Waals surface area (Å²) in [5.74, 6) is -0.424. The number of carbonyl (C=O) groups is 2. The molecule has 1 aromatic carbocycles. The molecular weight excluding hydrogens is 382 g/mol. The van der Waals surface area contributed by atoms with Gasteiger partial charge in [-0.1, -0.05) is 6.92 Å². The van der Waals surface area contributed by atoms with Crippen molar-refractivity contribution in [3.05, 3.63) is 46.0 Å². The number of hydrogen-bond acceptors (Lipinski definition) is 8. The first-order chi connectivity index (χ1) is 13.9. The number of amides is 1. The zero-order valence-electron chi connectivity index (χ0n) is 16.1. The molecule has 0 spiro atoms. The molecule has 0 bridgehead atoms. The van der Waals surface area contributed by atoms with Gasteiger partial charge in [0.1, 0.15) is 11.5 Å². The van der Waals surface area contributed by atoms with E-state index in [2.05, 4.69) is 4.98 Å². The first-order valence-electron chi connectivity index (χ1n) is 8.78. The standard InChI is InChI=1S/C19H19N3O7/c1-4-14-19(24)21(18-15(29-14)7-8-17(20-18)22(25)26)10-13(23)12-6-5-11(27-2)9-16(12)28-3/h5-9,14H,4,10H2,1-3H3. The van der Waals surface area contributed by atoms with Crippen molar-refractivity contribution in [1.29, 1.82) is 0 Å². The van der Waals surface area contributed by atoms with Crippen molar-refractivity contribution >= 4 is 23.3 Å². The summed E-state index contributed by atoms with van der Waals surface area (Å²) >= 11 is 0. The molecule has 0 aliphatic carbocycles. The number of Topliss-reactive ketones (excluding diaryl/α,β-unsaturated/α-hetero) is 1. The lowest BCUT2D eigenvalue weighted by atomic mass is 10.1. The topological polar surface area (TPSA) is 121 Å². The average molecular weight is 401 g/mol. The summed E-state index contributed by atoms with van der Waals surface area (Å²) in [7, 11) is 2.90. The molecule has 1 atom stereocenters. The number of methoxy groups -OCH3 is 2. The Morgan fingerprint density at radius 3 is 2.66 bits per heavy atom. The zero-order valence-corrected chi connectivity index (χ0v) is 16.1. The summed E-state index contributed by atoms with van der Waals surface area (Å²) in [5.41, 5.74) is 0.243. The summed E-state index contributed by atoms with van der Waals surface area (Å²) in [6.07, 6.45) is -0.442. The highest BCUT2D eigenvalue weighted by atomic mass is 16.6. The molecule has 0 fully saturated rings. The molecule has 0 N–H and O–H groups in total. The van der Waals surface area contributed by atoms with Crippen LogP contribution in [0.3, 0.4) is 0 Å². The lowest BCUT2D eigenvalue weighted by molar-refractivity contribution is -0.389. The predicted molar refractivity (Wildman–Crippen MR) is 102 cm³/mol. The highest BCUT2D eigenvalue weighted by molar-refractivity contribution is 6.08. The Bertz CT molecular complexity index is 976. The molecule has 1 aliphatic heterocycles. The third-order valence-electron chi connectivity index (χ3n) is 4.46. The minimum Gasteiger partial charge on any atom is -0.497 e. The lowest BCUT2D eigenvalue weighted by Gasteiger charge is -2.30. The molecule has 2 heterocycles. The first-order valence-corrected chi connectivity index (χ1v) is 8.78. The largest absolute Gasteiger partial charge is 0.497 e. The number of anilines is 1. The molecule has 0 radical (unpaired) electrons. The maximum absolute atomic E-state index is 12.9. The molecule has 3 rings (SSSR count). The highest BCUT2D eigenvalue weighted by Gasteiger charge is 2.39. The van der Waals surface area contributed by atoms with Crippen LogP contribution < -0.4 is 19.1 Å². The van der Waals surface area contributed by atoms with Crippen LogP contribution >= 0.6 is 0 Å². The fourth-order valence-electron chi connectivity index (χ4n) is 2.96. The Hall–Kier alpha value is -3.69. The van der Waals surface area contributed by atoms with Gasteiger partial charge in [0.25, 0.3) is 11.7 Å². The van der Waals surface area contributed by atoms with Gasteiger partial charge in [0, 0.05) is 12.1 Å². The highest BCUT2D eigenvalue weighted by Crippen LogP contribution is 2.35. The number of fused-ring (bicyclic) bond motifs is 1. The van der Waals surface area contributed by atoms with E-state index in [0.717, 1.165) is 4.90 Å². The van der Waals surface area contributed by atoms with Crippen molar-refractivity contribution in [1.82, 2.24) is 4.98 Å². The van der Waals surface area contributed by atoms with Crippen molar-refractivity contribution in [2.45, 2.75) is 19.4 Å². The van der Waals surface area contributed by atoms with Crippen molar-refractivity contribution in [2.24, 2.45) is 0 Å². The van der Waals surface area contributed by atoms with Gasteiger partial charge in [0.05, 0.1) is 26.3 Å². The summed E-state index contributed by atoms with van der Waals surface area (Å²) < 4.78 is 16.0. The molecule has 10 heteroatoms. The summed E-state index contributed by atoms with van der Waals surface area (Å²) in [6, 6.07) is 7.25. The van der Waals surface area contributed by atoms with E-state index in [0.29, 0.717) is 12.2 Å². The zero-order chi connectivity index (χ0) is 21.1. The fraction of sp³-hybridized carbons (Fsp3) is 0.316. The number of pyridine rings is 1. The fourth-order valence-corrected chi connectivity index (χ4v) is 2.96. The number of hydrogen-bond donors (Lipinski definition) is 0. The van der Waals surface area contributed by atoms with Crippen LogP contribution in [-0.2, 0) is 4.79 Å². The number of ketones is 1. The van der Waals surface area contributed by atoms with Crippen LogP contribution in [0.1, 0.15) is 23.7 Å². The number of rotatable bonds is 7. The molecule has 29 heavy (non-hydrogen) atoms. The second kappa shape index (κ2) is 8.13. The van der Waals surface area contributed by atoms with E-state index in [9.17, 15) is 19.7 Å². The van der Waals surface area contributed by atoms with E-state index < -0.39 is 28.5 Å². The summed E-state index contributed by atoms with van der Waals surface area (Å²) in [4.78, 5) is 41.2. The van der Waals surface area contributed by atoms with Crippen LogP contribution in [0.15, 0.2) is 30.3 Å². The minimum absolute atomic E-state index is 0.0604. The molecule has 1 aromatic heterocycles. The maximum Gasteiger partial charge on any atom is 0.366 e. The molecule has 152 valence electrons. The molecule has 0 saturated carbocycles. The van der Waals surface area contributed by atoms with Gasteiger partial charge >= 0.3 is 5.82 Å². The first kappa shape index (κ1) is 20.1. The molecular formula is C19H19N3O7. The van der Waals surface area contributed by atoms with Gasteiger partial charge in [-0.2, -0.15) is 0 Å². The van der Waals surface area contributed by atoms with E-state index in [4.69, 9.17) is 14.2 Å². The second-order valence-corrected chi connectivity index (χ2v) is 6.18. The predicted octanol–water partition coefficient (Wildman–Crippen LogP) is 2.39. The van der Waals surface area contributed by atoms with Gasteiger partial charge in [0.2, 0.25) is 0 Å². The third kappa shape index (κ3) is 3.82. The SMILES string of the molecule is CCC1Oc2ccc([N+](=O)[O-])nc2N(CC(=O)c2ccc(OC)cc2OC)C1=O. The van der Waals surface area contributed by atoms with Gasteiger partial charge in [-0.25, -0.2) is 0 Å². The number of nitrogens with zero attached hydrogens (tertiary/aromatic N) is 3. The van der Waals surface area contributed by atoms with Crippen LogP contribution in [0, 0.1) is 10.1 Å². The van der Waals surface area contributed by atoms with Crippen molar-refractivity contribution in [2.75, 3.05) is 25.7 Å². The quantitative estimate of drug-likeness (QED) is 0.394. The monoisotopic (exact) mass is 401 g/mol. The van der Waals surface area contributed by atoms with Crippen molar-refractivity contribution in [3.8, 4) is 17.2 Å². The van der Waals surface area contributed by atoms with Crippen molar-refractivity contribution in [3.63, 3.8) is 0 Å². The average Bonchev–Trinajstić information content (AvgIpc) is 2.74. The Morgan fingerprint density at radius 1 is 1.28 bits per heavy atom. The molecule has 10 nitrogen and oxygen atoms in total. The van der Waals surface area contributed by atoms with Gasteiger partial charge in [0.15, 0.2) is 17.6 Å². The second-order valence-electron chi connectivity index (χ2n) is 6.18. The van der Waals surface area contributed by atoms with Crippen LogP contribution in [-0.4, -0.2) is 48.5 Å². The number of aromatic nitrogens is 1. The van der Waals surface area contributed by atoms with E-state index in [1.807, 2.05) is 0 Å². The maximum atomic E-state index is 12.9. The smallest absolute Gasteiger partial charge is 0.366 e. The number of benzene rings is 1. The Balaban J connectivity index is 1.99. The molecule has 1 unspecified atom stereocenters. The normalized spacial score (nSPS) is 15.3. The summed E-state index contributed by atoms with van der Waals surface area (Å²) in [6.45, 7) is 1.39. The van der Waals surface area contributed by atoms with Crippen molar-refractivity contribution < 1.29 is 28.7 Å². The Kier molecular flexibility index (Phi) is 5.62. The molecule has 1 aliphatic rings. The number of carbonyl (C=O) groups excluding carboxylic acids is 2. The van der Waals surface area contributed by atoms with Gasteiger partial charge in [-0.05, 0) is 34.5 Å². The number of nitro groups is 1. The summed E-state index contributed by atoms with van der Waals surface area (Å²) in [5, 5.41) is 11.1. The molecule has 1 amide bonds. The van der Waals surface area contributed by atoms with E-state index in [1.165, 1.54) is 32.4 Å². The lowest BCUT2D eigenvalue weighted by Crippen LogP contribution is -2.48. The van der Waals surface area contributed by atoms with E-state index in [1.54, 1.807) is 19.1 Å². The molecule has 0 saturated heterocycles. The van der Waals surface area contributed by atoms with E-state index in [-0.39, 0.29) is 29.4 Å². The van der Waals surface area contributed by atoms with Gasteiger partial charge in [-0.15, -0.1) is 0 Å². The van der Waals surface area contributed by atoms with Crippen LogP contribution in [0.25, 0.3) is 0 Å². The Morgan fingerprint density at radius 2 is 2.03 bits per heavy atom.